The molecule has 0 aliphatic carbocycles. The van der Waals surface area contributed by atoms with E-state index in [0.717, 1.165) is 23.3 Å². The van der Waals surface area contributed by atoms with Crippen molar-refractivity contribution in [2.45, 2.75) is 20.3 Å². The fourth-order valence-corrected chi connectivity index (χ4v) is 1.94. The maximum absolute atomic E-state index is 13.6. The smallest absolute Gasteiger partial charge is 0.161 e. The van der Waals surface area contributed by atoms with Gasteiger partial charge in [-0.15, -0.1) is 0 Å². The maximum atomic E-state index is 13.6. The third-order valence-electron chi connectivity index (χ3n) is 2.72. The number of anilines is 1. The van der Waals surface area contributed by atoms with Crippen molar-refractivity contribution in [3.63, 3.8) is 0 Å². The second-order valence-electron chi connectivity index (χ2n) is 4.28. The summed E-state index contributed by atoms with van der Waals surface area (Å²) in [6.07, 6.45) is 2.68. The van der Waals surface area contributed by atoms with Gasteiger partial charge >= 0.3 is 0 Å². The molecule has 100 valence electrons. The van der Waals surface area contributed by atoms with Crippen molar-refractivity contribution < 1.29 is 4.39 Å². The first-order valence-electron chi connectivity index (χ1n) is 6.14. The fourth-order valence-electron chi connectivity index (χ4n) is 1.61. The Morgan fingerprint density at radius 3 is 2.84 bits per heavy atom. The monoisotopic (exact) mass is 323 g/mol. The van der Waals surface area contributed by atoms with E-state index in [9.17, 15) is 4.39 Å². The van der Waals surface area contributed by atoms with E-state index in [2.05, 4.69) is 38.1 Å². The number of hydrogen-bond donors (Lipinski definition) is 1. The molecule has 0 spiro atoms. The van der Waals surface area contributed by atoms with Crippen molar-refractivity contribution in [1.82, 2.24) is 9.97 Å². The van der Waals surface area contributed by atoms with Crippen LogP contribution < -0.4 is 5.32 Å². The minimum Gasteiger partial charge on any atom is -0.369 e. The van der Waals surface area contributed by atoms with Gasteiger partial charge in [0.15, 0.2) is 5.82 Å². The van der Waals surface area contributed by atoms with Gasteiger partial charge in [0.25, 0.3) is 0 Å². The largest absolute Gasteiger partial charge is 0.369 e. The molecule has 3 nitrogen and oxygen atoms in total. The number of nitrogens with one attached hydrogen (secondary N) is 1. The highest BCUT2D eigenvalue weighted by molar-refractivity contribution is 9.10. The van der Waals surface area contributed by atoms with Crippen molar-refractivity contribution in [3.8, 4) is 11.4 Å². The minimum absolute atomic E-state index is 0.243. The summed E-state index contributed by atoms with van der Waals surface area (Å²) in [7, 11) is 0. The van der Waals surface area contributed by atoms with Crippen LogP contribution in [0.2, 0.25) is 0 Å². The Morgan fingerprint density at radius 1 is 1.37 bits per heavy atom. The Labute approximate surface area is 120 Å². The highest BCUT2D eigenvalue weighted by Gasteiger charge is 2.08. The SMILES string of the molecule is CCCNc1nc(-c2ccc(C)c(F)c2)ncc1Br. The Hall–Kier alpha value is -1.49. The van der Waals surface area contributed by atoms with Crippen LogP contribution >= 0.6 is 15.9 Å². The van der Waals surface area contributed by atoms with Gasteiger partial charge in [0.05, 0.1) is 4.47 Å². The molecule has 0 saturated heterocycles. The number of hydrogen-bond acceptors (Lipinski definition) is 3. The maximum Gasteiger partial charge on any atom is 0.161 e. The molecule has 0 saturated carbocycles. The molecular formula is C14H15BrFN3. The summed E-state index contributed by atoms with van der Waals surface area (Å²) < 4.78 is 14.4. The van der Waals surface area contributed by atoms with Crippen molar-refractivity contribution in [2.75, 3.05) is 11.9 Å². The second-order valence-corrected chi connectivity index (χ2v) is 5.14. The van der Waals surface area contributed by atoms with Gasteiger partial charge in [0.1, 0.15) is 11.6 Å². The second kappa shape index (κ2) is 6.10. The quantitative estimate of drug-likeness (QED) is 0.917. The highest BCUT2D eigenvalue weighted by Crippen LogP contribution is 2.24. The highest BCUT2D eigenvalue weighted by atomic mass is 79.9. The lowest BCUT2D eigenvalue weighted by molar-refractivity contribution is 0.619. The summed E-state index contributed by atoms with van der Waals surface area (Å²) in [6, 6.07) is 5.02. The summed E-state index contributed by atoms with van der Waals surface area (Å²) >= 11 is 3.40. The number of halogens is 2. The Bertz CT molecular complexity index is 587. The molecule has 2 aromatic rings. The van der Waals surface area contributed by atoms with E-state index >= 15 is 0 Å². The zero-order chi connectivity index (χ0) is 13.8. The lowest BCUT2D eigenvalue weighted by Crippen LogP contribution is -2.04. The van der Waals surface area contributed by atoms with Gasteiger partial charge in [-0.3, -0.25) is 0 Å². The average molecular weight is 324 g/mol. The van der Waals surface area contributed by atoms with Crippen molar-refractivity contribution in [2.24, 2.45) is 0 Å². The molecule has 1 heterocycles. The number of nitrogens with zero attached hydrogens (tertiary/aromatic N) is 2. The lowest BCUT2D eigenvalue weighted by Gasteiger charge is -2.08. The van der Waals surface area contributed by atoms with Gasteiger partial charge in [0, 0.05) is 18.3 Å². The van der Waals surface area contributed by atoms with E-state index in [1.54, 1.807) is 19.2 Å². The third-order valence-corrected chi connectivity index (χ3v) is 3.30. The summed E-state index contributed by atoms with van der Waals surface area (Å²) in [6.45, 7) is 4.64. The van der Waals surface area contributed by atoms with Gasteiger partial charge < -0.3 is 5.32 Å². The van der Waals surface area contributed by atoms with Crippen LogP contribution in [-0.4, -0.2) is 16.5 Å². The molecular weight excluding hydrogens is 309 g/mol. The van der Waals surface area contributed by atoms with Crippen LogP contribution in [0.1, 0.15) is 18.9 Å². The van der Waals surface area contributed by atoms with Crippen LogP contribution in [0.25, 0.3) is 11.4 Å². The Kier molecular flexibility index (Phi) is 4.47. The standard InChI is InChI=1S/C14H15BrFN3/c1-3-6-17-14-11(15)8-18-13(19-14)10-5-4-9(2)12(16)7-10/h4-5,7-8H,3,6H2,1-2H3,(H,17,18,19). The van der Waals surface area contributed by atoms with E-state index in [-0.39, 0.29) is 5.82 Å². The van der Waals surface area contributed by atoms with Gasteiger partial charge in [-0.1, -0.05) is 19.1 Å². The molecule has 0 amide bonds. The van der Waals surface area contributed by atoms with E-state index in [0.29, 0.717) is 17.0 Å². The van der Waals surface area contributed by atoms with Crippen molar-refractivity contribution in [3.05, 3.63) is 40.2 Å². The van der Waals surface area contributed by atoms with Crippen LogP contribution in [0.3, 0.4) is 0 Å². The first kappa shape index (κ1) is 13.9. The van der Waals surface area contributed by atoms with E-state index in [4.69, 9.17) is 0 Å². The Balaban J connectivity index is 2.36. The molecule has 0 unspecified atom stereocenters. The van der Waals surface area contributed by atoms with Crippen LogP contribution in [-0.2, 0) is 0 Å². The summed E-state index contributed by atoms with van der Waals surface area (Å²) in [4.78, 5) is 8.64. The molecule has 1 aromatic heterocycles. The average Bonchev–Trinajstić information content (AvgIpc) is 2.41. The Morgan fingerprint density at radius 2 is 2.16 bits per heavy atom. The number of aryl methyl sites for hydroxylation is 1. The molecule has 0 aliphatic heterocycles. The topological polar surface area (TPSA) is 37.8 Å². The van der Waals surface area contributed by atoms with E-state index < -0.39 is 0 Å². The number of aromatic nitrogens is 2. The molecule has 0 atom stereocenters. The first-order chi connectivity index (χ1) is 9.11. The molecule has 1 N–H and O–H groups in total. The molecule has 0 fully saturated rings. The van der Waals surface area contributed by atoms with Crippen LogP contribution in [0.4, 0.5) is 10.2 Å². The molecule has 19 heavy (non-hydrogen) atoms. The van der Waals surface area contributed by atoms with Crippen molar-refractivity contribution in [1.29, 1.82) is 0 Å². The molecule has 0 radical (unpaired) electrons. The van der Waals surface area contributed by atoms with Gasteiger partial charge in [-0.25, -0.2) is 14.4 Å². The van der Waals surface area contributed by atoms with Crippen LogP contribution in [0.15, 0.2) is 28.9 Å². The van der Waals surface area contributed by atoms with Crippen molar-refractivity contribution >= 4 is 21.7 Å². The van der Waals surface area contributed by atoms with E-state index in [1.165, 1.54) is 6.07 Å². The van der Waals surface area contributed by atoms with Gasteiger partial charge in [-0.2, -0.15) is 0 Å². The van der Waals surface area contributed by atoms with Gasteiger partial charge in [0.2, 0.25) is 0 Å². The van der Waals surface area contributed by atoms with Gasteiger partial charge in [-0.05, 0) is 40.9 Å². The summed E-state index contributed by atoms with van der Waals surface area (Å²) in [5.74, 6) is 1.00. The first-order valence-corrected chi connectivity index (χ1v) is 6.94. The predicted molar refractivity (Wildman–Crippen MR) is 78.6 cm³/mol. The van der Waals surface area contributed by atoms with E-state index in [1.807, 2.05) is 6.07 Å². The lowest BCUT2D eigenvalue weighted by atomic mass is 10.1. The molecule has 2 rings (SSSR count). The third kappa shape index (κ3) is 3.29. The minimum atomic E-state index is -0.243. The zero-order valence-corrected chi connectivity index (χ0v) is 12.5. The fraction of sp³-hybridized carbons (Fsp3) is 0.286. The molecule has 0 bridgehead atoms. The molecule has 0 aliphatic rings. The predicted octanol–water partition coefficient (Wildman–Crippen LogP) is 4.18. The summed E-state index contributed by atoms with van der Waals surface area (Å²) in [5, 5.41) is 3.21. The normalized spacial score (nSPS) is 10.5. The van der Waals surface area contributed by atoms with Crippen LogP contribution in [0, 0.1) is 12.7 Å². The molecule has 1 aromatic carbocycles. The van der Waals surface area contributed by atoms with Crippen LogP contribution in [0.5, 0.6) is 0 Å². The molecule has 5 heteroatoms. The summed E-state index contributed by atoms with van der Waals surface area (Å²) in [5.41, 5.74) is 1.29. The number of rotatable bonds is 4. The number of benzene rings is 1. The zero-order valence-electron chi connectivity index (χ0n) is 10.9.